The maximum Gasteiger partial charge on any atom is 0.226 e. The molecule has 1 aliphatic heterocycles. The number of carbonyl (C=O) groups is 1. The molecule has 0 bridgehead atoms. The van der Waals surface area contributed by atoms with Crippen molar-refractivity contribution in [1.29, 1.82) is 5.26 Å². The Balaban J connectivity index is 1.41. The summed E-state index contributed by atoms with van der Waals surface area (Å²) in [5.74, 6) is 1.63. The molecular weight excluding hydrogens is 398 g/mol. The highest BCUT2D eigenvalue weighted by Gasteiger charge is 2.29. The summed E-state index contributed by atoms with van der Waals surface area (Å²) in [5, 5.41) is 13.2. The van der Waals surface area contributed by atoms with Gasteiger partial charge in [-0.25, -0.2) is 0 Å². The van der Waals surface area contributed by atoms with Crippen molar-refractivity contribution in [2.75, 3.05) is 32.6 Å². The smallest absolute Gasteiger partial charge is 0.226 e. The second-order valence-electron chi connectivity index (χ2n) is 7.77. The lowest BCUT2D eigenvalue weighted by Crippen LogP contribution is -2.28. The van der Waals surface area contributed by atoms with Gasteiger partial charge in [-0.1, -0.05) is 0 Å². The summed E-state index contributed by atoms with van der Waals surface area (Å²) in [7, 11) is 3.35. The monoisotopic (exact) mass is 425 g/mol. The third kappa shape index (κ3) is 4.03. The standard InChI is InChI=1S/C23H27N3O3S/c1-28-15-8-9-20(29-2)17(13-15)19-6-4-11-26(19)12-10-22(27)25-23-18(14-24)16-5-3-7-21(16)30-23/h8-9,13,19H,3-7,10-12H2,1-2H3,(H,25,27). The van der Waals surface area contributed by atoms with Gasteiger partial charge in [0.15, 0.2) is 0 Å². The molecular formula is C23H27N3O3S. The Hall–Kier alpha value is -2.56. The van der Waals surface area contributed by atoms with Crippen LogP contribution in [0.5, 0.6) is 11.5 Å². The third-order valence-corrected chi connectivity index (χ3v) is 7.28. The maximum atomic E-state index is 12.6. The van der Waals surface area contributed by atoms with Crippen molar-refractivity contribution in [2.45, 2.75) is 44.6 Å². The SMILES string of the molecule is COc1ccc(OC)c(C2CCCN2CCC(=O)Nc2sc3c(c2C#N)CCC3)c1. The van der Waals surface area contributed by atoms with E-state index >= 15 is 0 Å². The number of ether oxygens (including phenoxy) is 2. The second kappa shape index (κ2) is 9.07. The van der Waals surface area contributed by atoms with Crippen molar-refractivity contribution in [3.8, 4) is 17.6 Å². The molecule has 6 nitrogen and oxygen atoms in total. The molecule has 2 aromatic rings. The summed E-state index contributed by atoms with van der Waals surface area (Å²) in [4.78, 5) is 16.2. The number of aryl methyl sites for hydroxylation is 1. The molecule has 4 rings (SSSR count). The molecule has 158 valence electrons. The number of nitrogens with zero attached hydrogens (tertiary/aromatic N) is 2. The van der Waals surface area contributed by atoms with E-state index in [2.05, 4.69) is 16.3 Å². The molecule has 1 atom stereocenters. The molecule has 1 aromatic heterocycles. The number of methoxy groups -OCH3 is 2. The van der Waals surface area contributed by atoms with E-state index in [1.54, 1.807) is 25.6 Å². The Morgan fingerprint density at radius 1 is 1.30 bits per heavy atom. The van der Waals surface area contributed by atoms with Crippen LogP contribution in [0.4, 0.5) is 5.00 Å². The number of benzene rings is 1. The first-order valence-corrected chi connectivity index (χ1v) is 11.3. The van der Waals surface area contributed by atoms with Crippen molar-refractivity contribution in [2.24, 2.45) is 0 Å². The van der Waals surface area contributed by atoms with Gasteiger partial charge in [-0.2, -0.15) is 5.26 Å². The van der Waals surface area contributed by atoms with E-state index in [1.807, 2.05) is 18.2 Å². The zero-order valence-corrected chi connectivity index (χ0v) is 18.3. The van der Waals surface area contributed by atoms with Crippen molar-refractivity contribution in [3.05, 3.63) is 39.8 Å². The summed E-state index contributed by atoms with van der Waals surface area (Å²) < 4.78 is 11.0. The number of amides is 1. The van der Waals surface area contributed by atoms with Crippen LogP contribution in [-0.4, -0.2) is 38.1 Å². The van der Waals surface area contributed by atoms with Crippen LogP contribution < -0.4 is 14.8 Å². The van der Waals surface area contributed by atoms with Gasteiger partial charge in [0.05, 0.1) is 19.8 Å². The lowest BCUT2D eigenvalue weighted by molar-refractivity contribution is -0.116. The van der Waals surface area contributed by atoms with E-state index in [9.17, 15) is 10.1 Å². The molecule has 2 aliphatic rings. The van der Waals surface area contributed by atoms with Crippen LogP contribution in [0.3, 0.4) is 0 Å². The number of hydrogen-bond donors (Lipinski definition) is 1. The van der Waals surface area contributed by atoms with Crippen LogP contribution in [0.2, 0.25) is 0 Å². The van der Waals surface area contributed by atoms with Crippen LogP contribution >= 0.6 is 11.3 Å². The van der Waals surface area contributed by atoms with E-state index in [0.717, 1.165) is 66.3 Å². The van der Waals surface area contributed by atoms with Crippen LogP contribution in [0.15, 0.2) is 18.2 Å². The van der Waals surface area contributed by atoms with Gasteiger partial charge in [0, 0.05) is 29.4 Å². The summed E-state index contributed by atoms with van der Waals surface area (Å²) in [6.45, 7) is 1.62. The maximum absolute atomic E-state index is 12.6. The summed E-state index contributed by atoms with van der Waals surface area (Å²) in [5.41, 5.74) is 2.92. The Bertz CT molecular complexity index is 979. The number of thiophene rings is 1. The molecule has 1 saturated heterocycles. The highest BCUT2D eigenvalue weighted by molar-refractivity contribution is 7.16. The normalized spacial score (nSPS) is 18.1. The van der Waals surface area contributed by atoms with Crippen molar-refractivity contribution in [3.63, 3.8) is 0 Å². The third-order valence-electron chi connectivity index (χ3n) is 6.07. The topological polar surface area (TPSA) is 74.6 Å². The lowest BCUT2D eigenvalue weighted by atomic mass is 10.0. The fourth-order valence-electron chi connectivity index (χ4n) is 4.59. The van der Waals surface area contributed by atoms with E-state index < -0.39 is 0 Å². The highest BCUT2D eigenvalue weighted by Crippen LogP contribution is 2.40. The molecule has 0 radical (unpaired) electrons. The van der Waals surface area contributed by atoms with Gasteiger partial charge in [-0.15, -0.1) is 11.3 Å². The summed E-state index contributed by atoms with van der Waals surface area (Å²) >= 11 is 1.57. The Morgan fingerprint density at radius 3 is 2.93 bits per heavy atom. The van der Waals surface area contributed by atoms with Gasteiger partial charge < -0.3 is 14.8 Å². The molecule has 1 N–H and O–H groups in total. The van der Waals surface area contributed by atoms with Crippen molar-refractivity contribution < 1.29 is 14.3 Å². The van der Waals surface area contributed by atoms with Gasteiger partial charge in [0.25, 0.3) is 0 Å². The largest absolute Gasteiger partial charge is 0.497 e. The van der Waals surface area contributed by atoms with Crippen LogP contribution in [0.1, 0.15) is 53.3 Å². The van der Waals surface area contributed by atoms with E-state index in [1.165, 1.54) is 4.88 Å². The number of nitriles is 1. The van der Waals surface area contributed by atoms with E-state index in [4.69, 9.17) is 9.47 Å². The minimum atomic E-state index is -0.0327. The van der Waals surface area contributed by atoms with Crippen molar-refractivity contribution >= 4 is 22.2 Å². The highest BCUT2D eigenvalue weighted by atomic mass is 32.1. The molecule has 7 heteroatoms. The zero-order chi connectivity index (χ0) is 21.1. The first-order valence-electron chi connectivity index (χ1n) is 10.4. The fraction of sp³-hybridized carbons (Fsp3) is 0.478. The Labute approximate surface area is 181 Å². The van der Waals surface area contributed by atoms with Crippen LogP contribution in [-0.2, 0) is 17.6 Å². The molecule has 0 spiro atoms. The van der Waals surface area contributed by atoms with Gasteiger partial charge in [0.2, 0.25) is 5.91 Å². The van der Waals surface area contributed by atoms with Gasteiger partial charge >= 0.3 is 0 Å². The molecule has 1 fully saturated rings. The Morgan fingerprint density at radius 2 is 2.17 bits per heavy atom. The average molecular weight is 426 g/mol. The lowest BCUT2D eigenvalue weighted by Gasteiger charge is -2.26. The first-order chi connectivity index (χ1) is 14.6. The number of hydrogen-bond acceptors (Lipinski definition) is 6. The number of rotatable bonds is 7. The van der Waals surface area contributed by atoms with Gasteiger partial charge in [-0.05, 0) is 62.4 Å². The predicted molar refractivity (Wildman–Crippen MR) is 117 cm³/mol. The number of carbonyl (C=O) groups excluding carboxylic acids is 1. The second-order valence-corrected chi connectivity index (χ2v) is 8.88. The van der Waals surface area contributed by atoms with E-state index in [-0.39, 0.29) is 11.9 Å². The summed E-state index contributed by atoms with van der Waals surface area (Å²) in [6, 6.07) is 8.38. The molecule has 1 aromatic carbocycles. The quantitative estimate of drug-likeness (QED) is 0.716. The number of likely N-dealkylation sites (tertiary alicyclic amines) is 1. The minimum absolute atomic E-state index is 0.0327. The molecule has 1 unspecified atom stereocenters. The molecule has 1 aliphatic carbocycles. The molecule has 1 amide bonds. The average Bonchev–Trinajstić information content (AvgIpc) is 3.47. The number of nitrogens with one attached hydrogen (secondary N) is 1. The van der Waals surface area contributed by atoms with Gasteiger partial charge in [-0.3, -0.25) is 9.69 Å². The predicted octanol–water partition coefficient (Wildman–Crippen LogP) is 4.29. The summed E-state index contributed by atoms with van der Waals surface area (Å²) in [6.07, 6.45) is 5.58. The van der Waals surface area contributed by atoms with Crippen molar-refractivity contribution in [1.82, 2.24) is 4.90 Å². The number of anilines is 1. The van der Waals surface area contributed by atoms with E-state index in [0.29, 0.717) is 18.5 Å². The number of fused-ring (bicyclic) bond motifs is 1. The first kappa shape index (κ1) is 20.7. The van der Waals surface area contributed by atoms with Crippen LogP contribution in [0, 0.1) is 11.3 Å². The molecule has 30 heavy (non-hydrogen) atoms. The van der Waals surface area contributed by atoms with Gasteiger partial charge in [0.1, 0.15) is 22.6 Å². The molecule has 0 saturated carbocycles. The minimum Gasteiger partial charge on any atom is -0.497 e. The zero-order valence-electron chi connectivity index (χ0n) is 17.5. The fourth-order valence-corrected chi connectivity index (χ4v) is 5.85. The van der Waals surface area contributed by atoms with Crippen LogP contribution in [0.25, 0.3) is 0 Å². The molecule has 2 heterocycles. The Kier molecular flexibility index (Phi) is 6.26.